The fraction of sp³-hybridized carbons (Fsp3) is 0.435. The Morgan fingerprint density at radius 3 is 2.48 bits per heavy atom. The number of amides is 2. The third kappa shape index (κ3) is 4.26. The maximum absolute atomic E-state index is 12.6. The molecule has 0 fully saturated rings. The lowest BCUT2D eigenvalue weighted by Crippen LogP contribution is -2.48. The second-order valence-corrected chi connectivity index (χ2v) is 8.18. The summed E-state index contributed by atoms with van der Waals surface area (Å²) in [6, 6.07) is 11.4. The van der Waals surface area contributed by atoms with Gasteiger partial charge in [-0.15, -0.1) is 0 Å². The third-order valence-electron chi connectivity index (χ3n) is 5.53. The molecule has 0 aliphatic carbocycles. The van der Waals surface area contributed by atoms with Crippen molar-refractivity contribution in [1.82, 2.24) is 10.3 Å². The van der Waals surface area contributed by atoms with Gasteiger partial charge in [-0.3, -0.25) is 9.59 Å². The van der Waals surface area contributed by atoms with Crippen LogP contribution in [0.1, 0.15) is 62.3 Å². The number of pyridine rings is 1. The monoisotopic (exact) mass is 394 g/mol. The van der Waals surface area contributed by atoms with Gasteiger partial charge in [-0.05, 0) is 63.6 Å². The zero-order chi connectivity index (χ0) is 21.3. The van der Waals surface area contributed by atoms with E-state index in [1.165, 1.54) is 0 Å². The first-order valence-electron chi connectivity index (χ1n) is 10.1. The number of aryl methyl sites for hydroxylation is 1. The molecule has 1 unspecified atom stereocenters. The summed E-state index contributed by atoms with van der Waals surface area (Å²) in [5.41, 5.74) is 3.30. The van der Waals surface area contributed by atoms with E-state index in [-0.39, 0.29) is 35.9 Å². The lowest BCUT2D eigenvalue weighted by Gasteiger charge is -2.44. The van der Waals surface area contributed by atoms with Crippen molar-refractivity contribution in [2.45, 2.75) is 59.7 Å². The van der Waals surface area contributed by atoms with E-state index in [2.05, 4.69) is 29.5 Å². The van der Waals surface area contributed by atoms with Crippen LogP contribution in [0.3, 0.4) is 0 Å². The molecule has 6 nitrogen and oxygen atoms in total. The lowest BCUT2D eigenvalue weighted by molar-refractivity contribution is -0.117. The fourth-order valence-electron chi connectivity index (χ4n) is 3.97. The number of nitrogens with one attached hydrogen (secondary N) is 2. The van der Waals surface area contributed by atoms with Crippen LogP contribution in [-0.2, 0) is 4.79 Å². The van der Waals surface area contributed by atoms with E-state index in [0.29, 0.717) is 5.56 Å². The first-order valence-corrected chi connectivity index (χ1v) is 10.1. The Bertz CT molecular complexity index is 925. The lowest BCUT2D eigenvalue weighted by atomic mass is 9.82. The Morgan fingerprint density at radius 2 is 1.86 bits per heavy atom. The van der Waals surface area contributed by atoms with Crippen molar-refractivity contribution in [1.29, 1.82) is 0 Å². The maximum atomic E-state index is 12.6. The highest BCUT2D eigenvalue weighted by atomic mass is 16.2. The second kappa shape index (κ2) is 8.23. The highest BCUT2D eigenvalue weighted by Crippen LogP contribution is 2.42. The number of aromatic nitrogens is 1. The van der Waals surface area contributed by atoms with Crippen LogP contribution in [0.5, 0.6) is 0 Å². The normalized spacial score (nSPS) is 20.9. The number of nitrogens with zero attached hydrogens (tertiary/aromatic N) is 2. The number of carbonyl (C=O) groups is 2. The van der Waals surface area contributed by atoms with Crippen LogP contribution in [0.4, 0.5) is 11.5 Å². The second-order valence-electron chi connectivity index (χ2n) is 8.18. The van der Waals surface area contributed by atoms with Crippen LogP contribution in [0.25, 0.3) is 0 Å². The molecule has 1 aliphatic rings. The summed E-state index contributed by atoms with van der Waals surface area (Å²) in [6.07, 6.45) is 0. The fourth-order valence-corrected chi connectivity index (χ4v) is 3.97. The first kappa shape index (κ1) is 20.8. The minimum Gasteiger partial charge on any atom is -0.363 e. The predicted molar refractivity (Wildman–Crippen MR) is 116 cm³/mol. The largest absolute Gasteiger partial charge is 0.363 e. The molecule has 0 saturated carbocycles. The quantitative estimate of drug-likeness (QED) is 0.820. The van der Waals surface area contributed by atoms with Crippen molar-refractivity contribution in [3.05, 3.63) is 53.2 Å². The Labute approximate surface area is 172 Å². The predicted octanol–water partition coefficient (Wildman–Crippen LogP) is 4.07. The molecule has 1 aliphatic heterocycles. The molecule has 0 bridgehead atoms. The standard InChI is InChI=1S/C23H30N4O2/c1-13(2)24-23(29)18-10-11-20-19(12-18)22(15(4)16(5)27(20)17(6)28)26-21-9-7-8-14(3)25-21/h7-13,15-16,22H,1-6H3,(H,24,29)(H,25,26)/t15-,16-,22?/m0/s1. The van der Waals surface area contributed by atoms with E-state index >= 15 is 0 Å². The van der Waals surface area contributed by atoms with E-state index in [1.54, 1.807) is 13.0 Å². The number of fused-ring (bicyclic) bond motifs is 1. The van der Waals surface area contributed by atoms with E-state index in [9.17, 15) is 9.59 Å². The third-order valence-corrected chi connectivity index (χ3v) is 5.53. The molecule has 2 amide bonds. The Kier molecular flexibility index (Phi) is 5.91. The van der Waals surface area contributed by atoms with E-state index in [1.807, 2.05) is 56.0 Å². The molecule has 3 rings (SSSR count). The van der Waals surface area contributed by atoms with Gasteiger partial charge in [-0.25, -0.2) is 4.98 Å². The molecule has 6 heteroatoms. The summed E-state index contributed by atoms with van der Waals surface area (Å²) in [4.78, 5) is 31.4. The van der Waals surface area contributed by atoms with Gasteiger partial charge in [0, 0.05) is 41.9 Å². The molecule has 1 aromatic heterocycles. The van der Waals surface area contributed by atoms with E-state index in [4.69, 9.17) is 0 Å². The molecule has 2 heterocycles. The number of rotatable bonds is 4. The molecule has 0 saturated heterocycles. The highest BCUT2D eigenvalue weighted by molar-refractivity contribution is 5.98. The van der Waals surface area contributed by atoms with Crippen molar-refractivity contribution in [3.8, 4) is 0 Å². The molecule has 0 spiro atoms. The molecule has 2 aromatic rings. The van der Waals surface area contributed by atoms with Gasteiger partial charge in [0.2, 0.25) is 5.91 Å². The minimum absolute atomic E-state index is 0.00267. The van der Waals surface area contributed by atoms with Crippen LogP contribution in [-0.4, -0.2) is 28.9 Å². The van der Waals surface area contributed by atoms with Gasteiger partial charge in [-0.2, -0.15) is 0 Å². The van der Waals surface area contributed by atoms with Gasteiger partial charge in [0.25, 0.3) is 5.91 Å². The van der Waals surface area contributed by atoms with Crippen LogP contribution < -0.4 is 15.5 Å². The van der Waals surface area contributed by atoms with E-state index < -0.39 is 0 Å². The van der Waals surface area contributed by atoms with Gasteiger partial charge in [0.1, 0.15) is 5.82 Å². The average molecular weight is 395 g/mol. The van der Waals surface area contributed by atoms with Gasteiger partial charge in [-0.1, -0.05) is 13.0 Å². The number of hydrogen-bond acceptors (Lipinski definition) is 4. The first-order chi connectivity index (χ1) is 13.7. The van der Waals surface area contributed by atoms with Gasteiger partial charge >= 0.3 is 0 Å². The van der Waals surface area contributed by atoms with Gasteiger partial charge in [0.15, 0.2) is 0 Å². The maximum Gasteiger partial charge on any atom is 0.251 e. The van der Waals surface area contributed by atoms with Crippen molar-refractivity contribution in [2.24, 2.45) is 5.92 Å². The zero-order valence-corrected chi connectivity index (χ0v) is 18.0. The SMILES string of the molecule is CC(=O)N1c2ccc(C(=O)NC(C)C)cc2C(Nc2cccc(C)n2)[C@@H](C)[C@@H]1C. The van der Waals surface area contributed by atoms with Crippen molar-refractivity contribution >= 4 is 23.3 Å². The van der Waals surface area contributed by atoms with Gasteiger partial charge < -0.3 is 15.5 Å². The Balaban J connectivity index is 2.08. The molecule has 1 aromatic carbocycles. The van der Waals surface area contributed by atoms with Crippen molar-refractivity contribution in [3.63, 3.8) is 0 Å². The van der Waals surface area contributed by atoms with Gasteiger partial charge in [0.05, 0.1) is 6.04 Å². The molecule has 29 heavy (non-hydrogen) atoms. The highest BCUT2D eigenvalue weighted by Gasteiger charge is 2.38. The number of benzene rings is 1. The summed E-state index contributed by atoms with van der Waals surface area (Å²) in [6.45, 7) is 11.6. The summed E-state index contributed by atoms with van der Waals surface area (Å²) >= 11 is 0. The average Bonchev–Trinajstić information content (AvgIpc) is 2.64. The summed E-state index contributed by atoms with van der Waals surface area (Å²) < 4.78 is 0. The molecule has 154 valence electrons. The summed E-state index contributed by atoms with van der Waals surface area (Å²) in [5, 5.41) is 6.48. The minimum atomic E-state index is -0.115. The van der Waals surface area contributed by atoms with Crippen LogP contribution in [0.2, 0.25) is 0 Å². The molecule has 0 radical (unpaired) electrons. The Hall–Kier alpha value is -2.89. The number of anilines is 2. The van der Waals surface area contributed by atoms with Crippen LogP contribution in [0, 0.1) is 12.8 Å². The summed E-state index contributed by atoms with van der Waals surface area (Å²) in [7, 11) is 0. The molecular formula is C23H30N4O2. The zero-order valence-electron chi connectivity index (χ0n) is 18.0. The summed E-state index contributed by atoms with van der Waals surface area (Å²) in [5.74, 6) is 0.790. The van der Waals surface area contributed by atoms with Crippen molar-refractivity contribution < 1.29 is 9.59 Å². The van der Waals surface area contributed by atoms with E-state index in [0.717, 1.165) is 22.8 Å². The number of hydrogen-bond donors (Lipinski definition) is 2. The van der Waals surface area contributed by atoms with Crippen LogP contribution >= 0.6 is 0 Å². The smallest absolute Gasteiger partial charge is 0.251 e. The molecular weight excluding hydrogens is 364 g/mol. The Morgan fingerprint density at radius 1 is 1.14 bits per heavy atom. The molecule has 2 N–H and O–H groups in total. The van der Waals surface area contributed by atoms with Crippen LogP contribution in [0.15, 0.2) is 36.4 Å². The topological polar surface area (TPSA) is 74.3 Å². The molecule has 3 atom stereocenters. The van der Waals surface area contributed by atoms with Crippen molar-refractivity contribution in [2.75, 3.05) is 10.2 Å². The number of carbonyl (C=O) groups excluding carboxylic acids is 2.